The van der Waals surface area contributed by atoms with Crippen LogP contribution in [0.5, 0.6) is 0 Å². The first kappa shape index (κ1) is 13.9. The molecule has 1 aliphatic heterocycles. The van der Waals surface area contributed by atoms with Gasteiger partial charge in [-0.3, -0.25) is 4.79 Å². The summed E-state index contributed by atoms with van der Waals surface area (Å²) < 4.78 is 4.38. The van der Waals surface area contributed by atoms with E-state index < -0.39 is 12.1 Å². The number of esters is 1. The molecule has 0 fully saturated rings. The van der Waals surface area contributed by atoms with Crippen LogP contribution in [0.3, 0.4) is 0 Å². The number of ether oxygens (including phenoxy) is 1. The molecule has 0 aliphatic carbocycles. The summed E-state index contributed by atoms with van der Waals surface area (Å²) in [4.78, 5) is 24.2. The van der Waals surface area contributed by atoms with Gasteiger partial charge in [-0.05, 0) is 11.6 Å². The summed E-state index contributed by atoms with van der Waals surface area (Å²) in [7, 11) is 1.19. The van der Waals surface area contributed by atoms with Crippen molar-refractivity contribution >= 4 is 23.6 Å². The molecule has 0 bridgehead atoms. The molecule has 2 N–H and O–H groups in total. The highest BCUT2D eigenvalue weighted by molar-refractivity contribution is 7.99. The predicted molar refractivity (Wildman–Crippen MR) is 70.9 cm³/mol. The van der Waals surface area contributed by atoms with Crippen molar-refractivity contribution in [2.45, 2.75) is 16.9 Å². The molecule has 1 aromatic rings. The summed E-state index contributed by atoms with van der Waals surface area (Å²) in [6.45, 7) is -0.130. The van der Waals surface area contributed by atoms with Crippen LogP contribution in [0.4, 0.5) is 0 Å². The minimum Gasteiger partial charge on any atom is -0.467 e. The second-order valence-electron chi connectivity index (χ2n) is 4.19. The van der Waals surface area contributed by atoms with Gasteiger partial charge < -0.3 is 15.2 Å². The van der Waals surface area contributed by atoms with Gasteiger partial charge in [-0.15, -0.1) is 11.8 Å². The average molecular weight is 281 g/mol. The zero-order chi connectivity index (χ0) is 13.8. The van der Waals surface area contributed by atoms with Gasteiger partial charge in [0.25, 0.3) is 0 Å². The molecule has 1 amide bonds. The molecule has 0 saturated heterocycles. The van der Waals surface area contributed by atoms with Crippen LogP contribution in [0, 0.1) is 0 Å². The average Bonchev–Trinajstić information content (AvgIpc) is 2.87. The Kier molecular flexibility index (Phi) is 4.44. The number of aliphatic hydroxyl groups excluding tert-OH is 1. The van der Waals surface area contributed by atoms with Crippen LogP contribution < -0.4 is 5.32 Å². The van der Waals surface area contributed by atoms with E-state index >= 15 is 0 Å². The van der Waals surface area contributed by atoms with Crippen LogP contribution in [0.2, 0.25) is 0 Å². The highest BCUT2D eigenvalue weighted by atomic mass is 32.2. The lowest BCUT2D eigenvalue weighted by Crippen LogP contribution is -2.39. The Bertz CT molecular complexity index is 491. The highest BCUT2D eigenvalue weighted by Crippen LogP contribution is 2.39. The van der Waals surface area contributed by atoms with Crippen molar-refractivity contribution in [1.82, 2.24) is 5.32 Å². The van der Waals surface area contributed by atoms with Gasteiger partial charge in [-0.1, -0.05) is 18.2 Å². The maximum atomic E-state index is 12.0. The molecule has 2 rings (SSSR count). The van der Waals surface area contributed by atoms with Gasteiger partial charge >= 0.3 is 5.97 Å². The SMILES string of the molecule is COC(=O)C(O)CNC(=O)C1CSc2ccccc21. The lowest BCUT2D eigenvalue weighted by atomic mass is 10.0. The van der Waals surface area contributed by atoms with E-state index in [0.29, 0.717) is 5.75 Å². The predicted octanol–water partition coefficient (Wildman–Crippen LogP) is 0.526. The van der Waals surface area contributed by atoms with E-state index in [9.17, 15) is 14.7 Å². The fourth-order valence-corrected chi connectivity index (χ4v) is 3.15. The van der Waals surface area contributed by atoms with Gasteiger partial charge in [0, 0.05) is 10.6 Å². The van der Waals surface area contributed by atoms with Crippen molar-refractivity contribution in [3.05, 3.63) is 29.8 Å². The third-order valence-electron chi connectivity index (χ3n) is 2.96. The van der Waals surface area contributed by atoms with Gasteiger partial charge in [0.2, 0.25) is 5.91 Å². The minimum atomic E-state index is -1.32. The largest absolute Gasteiger partial charge is 0.467 e. The number of carbonyl (C=O) groups excluding carboxylic acids is 2. The van der Waals surface area contributed by atoms with E-state index in [2.05, 4.69) is 10.1 Å². The van der Waals surface area contributed by atoms with Crippen LogP contribution in [0.1, 0.15) is 11.5 Å². The topological polar surface area (TPSA) is 75.6 Å². The molecule has 6 heteroatoms. The monoisotopic (exact) mass is 281 g/mol. The first-order chi connectivity index (χ1) is 9.13. The Hall–Kier alpha value is -1.53. The van der Waals surface area contributed by atoms with Crippen LogP contribution in [0.15, 0.2) is 29.2 Å². The van der Waals surface area contributed by atoms with Crippen LogP contribution in [-0.2, 0) is 14.3 Å². The number of thioether (sulfide) groups is 1. The van der Waals surface area contributed by atoms with E-state index in [0.717, 1.165) is 10.5 Å². The normalized spacial score (nSPS) is 18.5. The molecule has 0 spiro atoms. The van der Waals surface area contributed by atoms with E-state index in [1.54, 1.807) is 11.8 Å². The van der Waals surface area contributed by atoms with Gasteiger partial charge in [-0.2, -0.15) is 0 Å². The molecule has 0 saturated carbocycles. The van der Waals surface area contributed by atoms with Crippen molar-refractivity contribution in [1.29, 1.82) is 0 Å². The third kappa shape index (κ3) is 3.08. The molecule has 1 aromatic carbocycles. The summed E-state index contributed by atoms with van der Waals surface area (Å²) >= 11 is 1.63. The molecular weight excluding hydrogens is 266 g/mol. The number of hydrogen-bond acceptors (Lipinski definition) is 5. The van der Waals surface area contributed by atoms with Gasteiger partial charge in [0.15, 0.2) is 6.10 Å². The summed E-state index contributed by atoms with van der Waals surface area (Å²) in [5.41, 5.74) is 0.998. The summed E-state index contributed by atoms with van der Waals surface area (Å²) in [6.07, 6.45) is -1.32. The fraction of sp³-hybridized carbons (Fsp3) is 0.385. The second kappa shape index (κ2) is 6.08. The van der Waals surface area contributed by atoms with Crippen molar-refractivity contribution in [2.75, 3.05) is 19.4 Å². The number of amides is 1. The zero-order valence-corrected chi connectivity index (χ0v) is 11.3. The summed E-state index contributed by atoms with van der Waals surface area (Å²) in [6, 6.07) is 7.74. The van der Waals surface area contributed by atoms with Crippen molar-refractivity contribution < 1.29 is 19.4 Å². The molecule has 2 atom stereocenters. The second-order valence-corrected chi connectivity index (χ2v) is 5.25. The highest BCUT2D eigenvalue weighted by Gasteiger charge is 2.29. The number of fused-ring (bicyclic) bond motifs is 1. The molecule has 2 unspecified atom stereocenters. The number of nitrogens with one attached hydrogen (secondary N) is 1. The standard InChI is InChI=1S/C13H15NO4S/c1-18-13(17)10(15)6-14-12(16)9-7-19-11-5-3-2-4-8(9)11/h2-5,9-10,15H,6-7H2,1H3,(H,14,16). The third-order valence-corrected chi connectivity index (χ3v) is 4.14. The first-order valence-corrected chi connectivity index (χ1v) is 6.87. The van der Waals surface area contributed by atoms with Gasteiger partial charge in [0.05, 0.1) is 19.6 Å². The molecule has 1 aliphatic rings. The molecule has 1 heterocycles. The molecule has 0 aromatic heterocycles. The Balaban J connectivity index is 1.94. The molecule has 5 nitrogen and oxygen atoms in total. The van der Waals surface area contributed by atoms with E-state index in [-0.39, 0.29) is 18.4 Å². The van der Waals surface area contributed by atoms with Crippen molar-refractivity contribution in [3.8, 4) is 0 Å². The van der Waals surface area contributed by atoms with Crippen LogP contribution >= 0.6 is 11.8 Å². The number of hydrogen-bond donors (Lipinski definition) is 2. The molecular formula is C13H15NO4S. The van der Waals surface area contributed by atoms with E-state index in [1.165, 1.54) is 7.11 Å². The Morgan fingerprint density at radius 1 is 1.53 bits per heavy atom. The van der Waals surface area contributed by atoms with E-state index in [4.69, 9.17) is 0 Å². The van der Waals surface area contributed by atoms with Gasteiger partial charge in [-0.25, -0.2) is 4.79 Å². The molecule has 19 heavy (non-hydrogen) atoms. The smallest absolute Gasteiger partial charge is 0.336 e. The number of methoxy groups -OCH3 is 1. The lowest BCUT2D eigenvalue weighted by molar-refractivity contribution is -0.150. The fourth-order valence-electron chi connectivity index (χ4n) is 1.92. The van der Waals surface area contributed by atoms with Crippen LogP contribution in [-0.4, -0.2) is 42.5 Å². The Labute approximate surface area is 115 Å². The Morgan fingerprint density at radius 2 is 2.26 bits per heavy atom. The quantitative estimate of drug-likeness (QED) is 0.787. The molecule has 0 radical (unpaired) electrons. The maximum absolute atomic E-state index is 12.0. The minimum absolute atomic E-state index is 0.130. The summed E-state index contributed by atoms with van der Waals surface area (Å²) in [5, 5.41) is 12.0. The van der Waals surface area contributed by atoms with Crippen LogP contribution in [0.25, 0.3) is 0 Å². The number of benzene rings is 1. The Morgan fingerprint density at radius 3 is 3.00 bits per heavy atom. The summed E-state index contributed by atoms with van der Waals surface area (Å²) in [5.74, 6) is -0.479. The zero-order valence-electron chi connectivity index (χ0n) is 10.5. The van der Waals surface area contributed by atoms with Crippen molar-refractivity contribution in [2.24, 2.45) is 0 Å². The number of aliphatic hydroxyl groups is 1. The molecule has 102 valence electrons. The maximum Gasteiger partial charge on any atom is 0.336 e. The van der Waals surface area contributed by atoms with Crippen molar-refractivity contribution in [3.63, 3.8) is 0 Å². The van der Waals surface area contributed by atoms with E-state index in [1.807, 2.05) is 24.3 Å². The first-order valence-electron chi connectivity index (χ1n) is 5.89. The van der Waals surface area contributed by atoms with Gasteiger partial charge in [0.1, 0.15) is 0 Å². The lowest BCUT2D eigenvalue weighted by Gasteiger charge is -2.13. The number of rotatable bonds is 4. The number of carbonyl (C=O) groups is 2.